The molecule has 0 heterocycles. The molecule has 0 spiro atoms. The van der Waals surface area contributed by atoms with Gasteiger partial charge in [0, 0.05) is 19.2 Å². The number of rotatable bonds is 8. The lowest BCUT2D eigenvalue weighted by molar-refractivity contribution is 0.183. The molecule has 0 saturated heterocycles. The van der Waals surface area contributed by atoms with Crippen LogP contribution < -0.4 is 0 Å². The van der Waals surface area contributed by atoms with Crippen LogP contribution in [0.3, 0.4) is 0 Å². The molecule has 1 unspecified atom stereocenters. The van der Waals surface area contributed by atoms with Crippen LogP contribution in [0.5, 0.6) is 0 Å². The van der Waals surface area contributed by atoms with Crippen molar-refractivity contribution >= 4 is 6.21 Å². The largest absolute Gasteiger partial charge is 0.301 e. The Bertz CT molecular complexity index is 214. The third kappa shape index (κ3) is 5.23. The van der Waals surface area contributed by atoms with Crippen LogP contribution in [0.4, 0.5) is 0 Å². The van der Waals surface area contributed by atoms with Crippen molar-refractivity contribution < 1.29 is 0 Å². The summed E-state index contributed by atoms with van der Waals surface area (Å²) in [5.74, 6) is 2.22. The lowest BCUT2D eigenvalue weighted by Crippen LogP contribution is -2.31. The molecule has 0 fully saturated rings. The van der Waals surface area contributed by atoms with E-state index in [4.69, 9.17) is 0 Å². The summed E-state index contributed by atoms with van der Waals surface area (Å²) >= 11 is 0. The first-order chi connectivity index (χ1) is 7.92. The minimum atomic E-state index is 0.366. The van der Waals surface area contributed by atoms with Crippen LogP contribution in [0.25, 0.3) is 0 Å². The normalized spacial score (nSPS) is 16.7. The molecular weight excluding hydrogens is 206 g/mol. The Morgan fingerprint density at radius 1 is 1.12 bits per heavy atom. The van der Waals surface area contributed by atoms with E-state index in [-0.39, 0.29) is 0 Å². The molecule has 1 heteroatoms. The van der Waals surface area contributed by atoms with Crippen LogP contribution >= 0.6 is 0 Å². The molecule has 0 aromatic heterocycles. The first-order valence-electron chi connectivity index (χ1n) is 7.35. The topological polar surface area (TPSA) is 12.4 Å². The Labute approximate surface area is 109 Å². The van der Waals surface area contributed by atoms with Crippen LogP contribution in [0, 0.1) is 23.2 Å². The maximum Gasteiger partial charge on any atom is 0.0273 e. The minimum absolute atomic E-state index is 0.366. The SMILES string of the molecule is CCC(CC)CC(C)[C@@H](/C=N/C)C(C)(C)CC. The molecule has 0 bridgehead atoms. The van der Waals surface area contributed by atoms with Crippen molar-refractivity contribution in [1.82, 2.24) is 0 Å². The molecule has 0 radical (unpaired) electrons. The van der Waals surface area contributed by atoms with Gasteiger partial charge in [-0.25, -0.2) is 0 Å². The summed E-state index contributed by atoms with van der Waals surface area (Å²) in [7, 11) is 1.91. The smallest absolute Gasteiger partial charge is 0.0273 e. The van der Waals surface area contributed by atoms with Crippen LogP contribution in [-0.4, -0.2) is 13.3 Å². The summed E-state index contributed by atoms with van der Waals surface area (Å²) in [5.41, 5.74) is 0.366. The van der Waals surface area contributed by atoms with E-state index in [9.17, 15) is 0 Å². The van der Waals surface area contributed by atoms with Crippen LogP contribution in [0.2, 0.25) is 0 Å². The zero-order chi connectivity index (χ0) is 13.5. The molecule has 102 valence electrons. The maximum absolute atomic E-state index is 4.31. The highest BCUT2D eigenvalue weighted by Crippen LogP contribution is 2.37. The van der Waals surface area contributed by atoms with E-state index in [2.05, 4.69) is 52.7 Å². The van der Waals surface area contributed by atoms with Gasteiger partial charge in [0.25, 0.3) is 0 Å². The molecule has 0 saturated carbocycles. The van der Waals surface area contributed by atoms with Crippen molar-refractivity contribution in [3.63, 3.8) is 0 Å². The van der Waals surface area contributed by atoms with E-state index in [0.717, 1.165) is 11.8 Å². The lowest BCUT2D eigenvalue weighted by atomic mass is 9.69. The number of hydrogen-bond donors (Lipinski definition) is 0. The summed E-state index contributed by atoms with van der Waals surface area (Å²) in [6.45, 7) is 14.1. The summed E-state index contributed by atoms with van der Waals surface area (Å²) in [4.78, 5) is 4.31. The third-order valence-corrected chi connectivity index (χ3v) is 4.60. The summed E-state index contributed by atoms with van der Waals surface area (Å²) in [5, 5.41) is 0. The molecule has 0 rings (SSSR count). The standard InChI is InChI=1S/C16H33N/c1-8-14(9-2)11-13(4)15(12-17-7)16(5,6)10-3/h12-15H,8-11H2,1-7H3/b17-12+/t13?,15-/m1/s1. The molecule has 2 atom stereocenters. The summed E-state index contributed by atoms with van der Waals surface area (Å²) < 4.78 is 0. The van der Waals surface area contributed by atoms with Gasteiger partial charge in [-0.3, -0.25) is 0 Å². The quantitative estimate of drug-likeness (QED) is 0.516. The van der Waals surface area contributed by atoms with Crippen molar-refractivity contribution in [1.29, 1.82) is 0 Å². The van der Waals surface area contributed by atoms with E-state index >= 15 is 0 Å². The third-order valence-electron chi connectivity index (χ3n) is 4.60. The second-order valence-corrected chi connectivity index (χ2v) is 6.17. The fourth-order valence-corrected chi connectivity index (χ4v) is 2.81. The van der Waals surface area contributed by atoms with E-state index in [1.165, 1.54) is 25.7 Å². The molecule has 0 aliphatic carbocycles. The fraction of sp³-hybridized carbons (Fsp3) is 0.938. The number of nitrogens with zero attached hydrogens (tertiary/aromatic N) is 1. The predicted octanol–water partition coefficient (Wildman–Crippen LogP) is 5.20. The van der Waals surface area contributed by atoms with Crippen molar-refractivity contribution in [2.45, 2.75) is 67.2 Å². The van der Waals surface area contributed by atoms with E-state index in [0.29, 0.717) is 11.3 Å². The fourth-order valence-electron chi connectivity index (χ4n) is 2.81. The van der Waals surface area contributed by atoms with Crippen molar-refractivity contribution in [2.75, 3.05) is 7.05 Å². The van der Waals surface area contributed by atoms with Crippen LogP contribution in [0.1, 0.15) is 67.2 Å². The molecule has 0 amide bonds. The second kappa shape index (κ2) is 7.89. The second-order valence-electron chi connectivity index (χ2n) is 6.17. The molecular formula is C16H33N. The molecule has 1 nitrogen and oxygen atoms in total. The van der Waals surface area contributed by atoms with Crippen LogP contribution in [-0.2, 0) is 0 Å². The zero-order valence-electron chi connectivity index (χ0n) is 13.1. The molecule has 0 N–H and O–H groups in total. The van der Waals surface area contributed by atoms with Gasteiger partial charge in [0.1, 0.15) is 0 Å². The number of hydrogen-bond acceptors (Lipinski definition) is 1. The van der Waals surface area contributed by atoms with Crippen LogP contribution in [0.15, 0.2) is 4.99 Å². The Morgan fingerprint density at radius 3 is 2.00 bits per heavy atom. The van der Waals surface area contributed by atoms with Gasteiger partial charge in [0.05, 0.1) is 0 Å². The van der Waals surface area contributed by atoms with Gasteiger partial charge in [-0.1, -0.05) is 60.8 Å². The number of aliphatic imine (C=N–C) groups is 1. The molecule has 17 heavy (non-hydrogen) atoms. The average Bonchev–Trinajstić information content (AvgIpc) is 2.32. The van der Waals surface area contributed by atoms with Gasteiger partial charge in [0.15, 0.2) is 0 Å². The maximum atomic E-state index is 4.31. The highest BCUT2D eigenvalue weighted by molar-refractivity contribution is 5.62. The first kappa shape index (κ1) is 16.7. The van der Waals surface area contributed by atoms with Crippen molar-refractivity contribution in [2.24, 2.45) is 28.2 Å². The minimum Gasteiger partial charge on any atom is -0.301 e. The predicted molar refractivity (Wildman–Crippen MR) is 79.8 cm³/mol. The molecule has 0 aromatic carbocycles. The molecule has 0 aliphatic rings. The van der Waals surface area contributed by atoms with E-state index in [1.54, 1.807) is 0 Å². The Kier molecular flexibility index (Phi) is 7.74. The van der Waals surface area contributed by atoms with Gasteiger partial charge in [0.2, 0.25) is 0 Å². The highest BCUT2D eigenvalue weighted by atomic mass is 14.7. The zero-order valence-corrected chi connectivity index (χ0v) is 13.1. The van der Waals surface area contributed by atoms with Gasteiger partial charge in [-0.15, -0.1) is 0 Å². The van der Waals surface area contributed by atoms with E-state index < -0.39 is 0 Å². The first-order valence-corrected chi connectivity index (χ1v) is 7.35. The van der Waals surface area contributed by atoms with Gasteiger partial charge >= 0.3 is 0 Å². The highest BCUT2D eigenvalue weighted by Gasteiger charge is 2.31. The lowest BCUT2D eigenvalue weighted by Gasteiger charge is -2.36. The van der Waals surface area contributed by atoms with Crippen molar-refractivity contribution in [3.8, 4) is 0 Å². The Morgan fingerprint density at radius 2 is 1.65 bits per heavy atom. The summed E-state index contributed by atoms with van der Waals surface area (Å²) in [6, 6.07) is 0. The molecule has 0 aliphatic heterocycles. The monoisotopic (exact) mass is 239 g/mol. The average molecular weight is 239 g/mol. The van der Waals surface area contributed by atoms with E-state index in [1.807, 2.05) is 7.05 Å². The van der Waals surface area contributed by atoms with Gasteiger partial charge < -0.3 is 4.99 Å². The van der Waals surface area contributed by atoms with Crippen molar-refractivity contribution in [3.05, 3.63) is 0 Å². The summed E-state index contributed by atoms with van der Waals surface area (Å²) in [6.07, 6.45) is 7.37. The Hall–Kier alpha value is -0.330. The van der Waals surface area contributed by atoms with Gasteiger partial charge in [-0.05, 0) is 23.7 Å². The Balaban J connectivity index is 4.71. The molecule has 0 aromatic rings. The van der Waals surface area contributed by atoms with Gasteiger partial charge in [-0.2, -0.15) is 0 Å².